The molecule has 0 bridgehead atoms. The van der Waals surface area contributed by atoms with Crippen LogP contribution in [0.4, 0.5) is 14.7 Å². The van der Waals surface area contributed by atoms with E-state index in [0.29, 0.717) is 16.0 Å². The second-order valence-corrected chi connectivity index (χ2v) is 20.6. The summed E-state index contributed by atoms with van der Waals surface area (Å²) in [7, 11) is -5.10. The Morgan fingerprint density at radius 3 is 2.20 bits per heavy atom. The number of ether oxygens (including phenoxy) is 4. The summed E-state index contributed by atoms with van der Waals surface area (Å²) < 4.78 is 60.0. The van der Waals surface area contributed by atoms with Crippen molar-refractivity contribution in [1.29, 1.82) is 0 Å². The third kappa shape index (κ3) is 12.8. The highest BCUT2D eigenvalue weighted by molar-refractivity contribution is 7.80. The first-order valence-corrected chi connectivity index (χ1v) is 22.1. The van der Waals surface area contributed by atoms with Crippen LogP contribution in [0.5, 0.6) is 5.75 Å². The molecule has 0 radical (unpaired) electrons. The van der Waals surface area contributed by atoms with Gasteiger partial charge in [0.25, 0.3) is 17.9 Å². The largest absolute Gasteiger partial charge is 0.489 e. The van der Waals surface area contributed by atoms with Crippen molar-refractivity contribution in [1.82, 2.24) is 30.0 Å². The lowest BCUT2D eigenvalue weighted by molar-refractivity contribution is -0.218. The molecule has 5 rings (SSSR count). The molecule has 2 fully saturated rings. The number of oxime groups is 1. The van der Waals surface area contributed by atoms with Crippen LogP contribution in [0.15, 0.2) is 34.9 Å². The summed E-state index contributed by atoms with van der Waals surface area (Å²) >= 11 is 0.870. The highest BCUT2D eigenvalue weighted by Gasteiger charge is 2.58. The number of nitrogens with zero attached hydrogens (tertiary/aromatic N) is 6. The smallest absolute Gasteiger partial charge is 0.418 e. The van der Waals surface area contributed by atoms with Crippen molar-refractivity contribution in [3.8, 4) is 5.75 Å². The number of aromatic nitrogens is 3. The third-order valence-electron chi connectivity index (χ3n) is 9.18. The van der Waals surface area contributed by atoms with Gasteiger partial charge in [-0.05, 0) is 94.4 Å². The number of esters is 1. The number of hydrogen-bond donors (Lipinski definition) is 4. The van der Waals surface area contributed by atoms with Gasteiger partial charge in [-0.2, -0.15) is 18.6 Å². The van der Waals surface area contributed by atoms with Crippen molar-refractivity contribution in [3.63, 3.8) is 0 Å². The molecule has 4 heterocycles. The SMILES string of the molecule is CC(C)(C)OC(=O)Nc1nc(/C(=N/OC(COc2ccc3nn(CC4(C(N)=O)CN(C(=O)OC(C)(C)C)C4)cc3c2)C(=O)OC(C)(C)C)C(=O)NC2C(=O)N(OS(=O)(=O)O)C2(C)C)cs1. The van der Waals surface area contributed by atoms with Crippen LogP contribution in [0.2, 0.25) is 0 Å². The first-order chi connectivity index (χ1) is 29.7. The van der Waals surface area contributed by atoms with Crippen molar-refractivity contribution >= 4 is 79.4 Å². The van der Waals surface area contributed by atoms with Gasteiger partial charge in [0, 0.05) is 30.1 Å². The normalized spacial score (nSPS) is 17.9. The number of likely N-dealkylation sites (tertiary alicyclic amines) is 1. The minimum absolute atomic E-state index is 0.0338. The highest BCUT2D eigenvalue weighted by atomic mass is 32.3. The Labute approximate surface area is 377 Å². The zero-order valence-electron chi connectivity index (χ0n) is 37.6. The zero-order chi connectivity index (χ0) is 48.7. The van der Waals surface area contributed by atoms with Gasteiger partial charge < -0.3 is 39.7 Å². The summed E-state index contributed by atoms with van der Waals surface area (Å²) in [6, 6.07) is 3.38. The summed E-state index contributed by atoms with van der Waals surface area (Å²) in [5, 5.41) is 15.6. The Hall–Kier alpha value is -6.12. The van der Waals surface area contributed by atoms with Gasteiger partial charge in [0.1, 0.15) is 46.3 Å². The minimum atomic E-state index is -5.10. The molecule has 5 amide bonds. The molecule has 356 valence electrons. The molecule has 5 N–H and O–H groups in total. The maximum Gasteiger partial charge on any atom is 0.418 e. The molecule has 2 aliphatic rings. The fourth-order valence-corrected chi connectivity index (χ4v) is 7.40. The van der Waals surface area contributed by atoms with Gasteiger partial charge in [-0.25, -0.2) is 19.4 Å². The number of benzene rings is 1. The third-order valence-corrected chi connectivity index (χ3v) is 10.3. The molecule has 0 aliphatic carbocycles. The Balaban J connectivity index is 1.38. The summed E-state index contributed by atoms with van der Waals surface area (Å²) in [6.07, 6.45) is -1.41. The summed E-state index contributed by atoms with van der Waals surface area (Å²) in [5.74, 6) is -3.47. The second kappa shape index (κ2) is 18.0. The van der Waals surface area contributed by atoms with E-state index in [1.807, 2.05) is 0 Å². The zero-order valence-corrected chi connectivity index (χ0v) is 39.2. The van der Waals surface area contributed by atoms with E-state index in [2.05, 4.69) is 30.2 Å². The summed E-state index contributed by atoms with van der Waals surface area (Å²) in [4.78, 5) is 89.3. The van der Waals surface area contributed by atoms with Gasteiger partial charge in [-0.15, -0.1) is 15.6 Å². The maximum atomic E-state index is 13.9. The first kappa shape index (κ1) is 49.9. The van der Waals surface area contributed by atoms with Crippen molar-refractivity contribution < 1.29 is 69.8 Å². The van der Waals surface area contributed by atoms with Crippen LogP contribution < -0.4 is 21.1 Å². The lowest BCUT2D eigenvalue weighted by Crippen LogP contribution is -2.76. The van der Waals surface area contributed by atoms with E-state index in [-0.39, 0.29) is 36.2 Å². The Bertz CT molecular complexity index is 2490. The molecule has 0 saturated carbocycles. The number of thiazole rings is 1. The van der Waals surface area contributed by atoms with Crippen molar-refractivity contribution in [3.05, 3.63) is 35.5 Å². The minimum Gasteiger partial charge on any atom is -0.489 e. The van der Waals surface area contributed by atoms with E-state index in [4.69, 9.17) is 34.1 Å². The molecule has 65 heavy (non-hydrogen) atoms. The quantitative estimate of drug-likeness (QED) is 0.0425. The van der Waals surface area contributed by atoms with Crippen LogP contribution in [-0.4, -0.2) is 133 Å². The summed E-state index contributed by atoms with van der Waals surface area (Å²) in [6.45, 7) is 17.3. The fourth-order valence-electron chi connectivity index (χ4n) is 6.26. The number of rotatable bonds is 15. The molecule has 26 heteroatoms. The Morgan fingerprint density at radius 1 is 1.00 bits per heavy atom. The van der Waals surface area contributed by atoms with Gasteiger partial charge >= 0.3 is 28.6 Å². The lowest BCUT2D eigenvalue weighted by Gasteiger charge is -2.50. The number of nitrogens with two attached hydrogens (primary N) is 1. The molecule has 1 aromatic carbocycles. The molecule has 2 aromatic heterocycles. The van der Waals surface area contributed by atoms with E-state index in [0.717, 1.165) is 11.3 Å². The predicted octanol–water partition coefficient (Wildman–Crippen LogP) is 2.91. The van der Waals surface area contributed by atoms with Gasteiger partial charge in [0.2, 0.25) is 5.91 Å². The summed E-state index contributed by atoms with van der Waals surface area (Å²) in [5.41, 5.74) is 0.293. The van der Waals surface area contributed by atoms with Gasteiger partial charge in [-0.3, -0.25) is 28.9 Å². The molecule has 3 aromatic rings. The topological polar surface area (TPSA) is 312 Å². The van der Waals surface area contributed by atoms with Crippen LogP contribution >= 0.6 is 11.3 Å². The molecule has 2 unspecified atom stereocenters. The Kier molecular flexibility index (Phi) is 13.8. The second-order valence-electron chi connectivity index (χ2n) is 18.8. The number of β-lactam (4-membered cyclic amide) rings is 1. The van der Waals surface area contributed by atoms with E-state index in [9.17, 15) is 37.2 Å². The number of hydroxylamine groups is 2. The standard InChI is InChI=1S/C39H53N9O15S2/c1-35(2,3)59-30(51)25(16-58-22-12-13-23-21(14-22)15-47(44-23)20-39(31(40)52)18-46(19-39)34(54)61-37(7,8)9)62-45-26(24-17-64-32(41-24)43-33(53)60-36(4,5)6)28(49)42-27-29(50)48(38(27,10)11)63-65(55,56)57/h12-15,17,25,27H,16,18-20H2,1-11H3,(H2,40,52)(H,42,49)(H,41,43,53)(H,55,56,57)/b45-26-. The molecule has 24 nitrogen and oxygen atoms in total. The highest BCUT2D eigenvalue weighted by Crippen LogP contribution is 2.35. The van der Waals surface area contributed by atoms with E-state index in [1.54, 1.807) is 86.7 Å². The molecular formula is C39H53N9O15S2. The van der Waals surface area contributed by atoms with Crippen LogP contribution in [0.3, 0.4) is 0 Å². The van der Waals surface area contributed by atoms with Crippen molar-refractivity contribution in [2.24, 2.45) is 16.3 Å². The van der Waals surface area contributed by atoms with E-state index >= 15 is 0 Å². The number of fused-ring (bicyclic) bond motifs is 1. The average molecular weight is 952 g/mol. The van der Waals surface area contributed by atoms with Gasteiger partial charge in [0.05, 0.1) is 17.6 Å². The molecule has 0 spiro atoms. The number of nitrogens with one attached hydrogen (secondary N) is 2. The van der Waals surface area contributed by atoms with E-state index in [1.165, 1.54) is 28.8 Å². The molecule has 2 atom stereocenters. The van der Waals surface area contributed by atoms with Crippen LogP contribution in [0.25, 0.3) is 10.9 Å². The van der Waals surface area contributed by atoms with Crippen LogP contribution in [-0.2, 0) is 59.5 Å². The van der Waals surface area contributed by atoms with E-state index < -0.39 is 98.5 Å². The van der Waals surface area contributed by atoms with Crippen LogP contribution in [0.1, 0.15) is 81.9 Å². The number of carbonyl (C=O) groups is 6. The predicted molar refractivity (Wildman–Crippen MR) is 229 cm³/mol. The van der Waals surface area contributed by atoms with Crippen molar-refractivity contribution in [2.75, 3.05) is 25.0 Å². The van der Waals surface area contributed by atoms with Crippen LogP contribution in [0, 0.1) is 5.41 Å². The Morgan fingerprint density at radius 2 is 1.63 bits per heavy atom. The van der Waals surface area contributed by atoms with Gasteiger partial charge in [0.15, 0.2) is 10.8 Å². The first-order valence-electron chi connectivity index (χ1n) is 19.9. The number of hydrogen-bond acceptors (Lipinski definition) is 18. The van der Waals surface area contributed by atoms with Gasteiger partial charge in [-0.1, -0.05) is 5.16 Å². The number of carbonyl (C=O) groups excluding carboxylic acids is 6. The number of amides is 5. The van der Waals surface area contributed by atoms with Crippen molar-refractivity contribution in [2.45, 2.75) is 117 Å². The maximum absolute atomic E-state index is 13.9. The number of primary amides is 1. The molecule has 2 aliphatic heterocycles. The number of anilines is 1. The monoisotopic (exact) mass is 951 g/mol. The molecule has 2 saturated heterocycles. The lowest BCUT2D eigenvalue weighted by atomic mass is 9.79. The average Bonchev–Trinajstić information content (AvgIpc) is 3.75. The molecular weight excluding hydrogens is 899 g/mol. The fraction of sp³-hybridized carbons (Fsp3) is 0.564.